The molecule has 1 N–H and O–H groups in total. The number of alkyl halides is 3. The van der Waals surface area contributed by atoms with E-state index in [0.29, 0.717) is 29.6 Å². The predicted molar refractivity (Wildman–Crippen MR) is 105 cm³/mol. The summed E-state index contributed by atoms with van der Waals surface area (Å²) in [6.07, 6.45) is -2.96. The number of likely N-dealkylation sites (tertiary alicyclic amines) is 1. The van der Waals surface area contributed by atoms with Crippen LogP contribution in [0.25, 0.3) is 0 Å². The Labute approximate surface area is 171 Å². The Balaban J connectivity index is 1.65. The molecule has 1 fully saturated rings. The molecule has 1 saturated heterocycles. The third kappa shape index (κ3) is 5.19. The second-order valence-electron chi connectivity index (χ2n) is 6.84. The third-order valence-electron chi connectivity index (χ3n) is 4.78. The summed E-state index contributed by atoms with van der Waals surface area (Å²) in [4.78, 5) is 14.7. The van der Waals surface area contributed by atoms with Crippen LogP contribution in [0.4, 0.5) is 18.9 Å². The molecule has 0 aliphatic carbocycles. The summed E-state index contributed by atoms with van der Waals surface area (Å²) in [7, 11) is 0. The Morgan fingerprint density at radius 3 is 2.50 bits per heavy atom. The van der Waals surface area contributed by atoms with Crippen LogP contribution in [0.3, 0.4) is 0 Å². The van der Waals surface area contributed by atoms with Crippen molar-refractivity contribution in [3.8, 4) is 0 Å². The molecule has 3 rings (SSSR count). The highest BCUT2D eigenvalue weighted by Gasteiger charge is 2.31. The van der Waals surface area contributed by atoms with E-state index >= 15 is 0 Å². The van der Waals surface area contributed by atoms with Gasteiger partial charge in [-0.05, 0) is 49.7 Å². The van der Waals surface area contributed by atoms with Crippen molar-refractivity contribution in [1.82, 2.24) is 4.90 Å². The Bertz CT molecular complexity index is 837. The van der Waals surface area contributed by atoms with E-state index in [1.165, 1.54) is 12.1 Å². The first-order valence-corrected chi connectivity index (χ1v) is 9.63. The van der Waals surface area contributed by atoms with Gasteiger partial charge in [-0.3, -0.25) is 9.69 Å². The van der Waals surface area contributed by atoms with E-state index in [2.05, 4.69) is 10.2 Å². The average Bonchev–Trinajstić information content (AvgIpc) is 2.65. The SMILES string of the molecule is O=C(Nc1cccc(C(F)(F)F)c1)[C@H]1CCCN(Cc2c(Cl)cccc2Cl)C1. The number of benzene rings is 2. The zero-order valence-corrected chi connectivity index (χ0v) is 16.4. The van der Waals surface area contributed by atoms with Crippen molar-refractivity contribution in [3.05, 3.63) is 63.6 Å². The van der Waals surface area contributed by atoms with E-state index < -0.39 is 11.7 Å². The Kier molecular flexibility index (Phi) is 6.53. The summed E-state index contributed by atoms with van der Waals surface area (Å²) in [5, 5.41) is 3.76. The number of nitrogens with one attached hydrogen (secondary N) is 1. The molecule has 0 radical (unpaired) electrons. The van der Waals surface area contributed by atoms with Gasteiger partial charge in [0.15, 0.2) is 0 Å². The number of amides is 1. The highest BCUT2D eigenvalue weighted by atomic mass is 35.5. The summed E-state index contributed by atoms with van der Waals surface area (Å²) in [6, 6.07) is 9.97. The lowest BCUT2D eigenvalue weighted by atomic mass is 9.96. The lowest BCUT2D eigenvalue weighted by molar-refractivity contribution is -0.137. The smallest absolute Gasteiger partial charge is 0.326 e. The van der Waals surface area contributed by atoms with Crippen molar-refractivity contribution < 1.29 is 18.0 Å². The van der Waals surface area contributed by atoms with Crippen LogP contribution in [0.2, 0.25) is 10.0 Å². The Hall–Kier alpha value is -1.76. The van der Waals surface area contributed by atoms with Gasteiger partial charge in [0.2, 0.25) is 5.91 Å². The highest BCUT2D eigenvalue weighted by molar-refractivity contribution is 6.35. The normalized spacial score (nSPS) is 18.1. The largest absolute Gasteiger partial charge is 0.416 e. The van der Waals surface area contributed by atoms with Crippen molar-refractivity contribution >= 4 is 34.8 Å². The number of halogens is 5. The molecular weight excluding hydrogens is 412 g/mol. The van der Waals surface area contributed by atoms with Crippen LogP contribution in [0.15, 0.2) is 42.5 Å². The maximum atomic E-state index is 12.8. The van der Waals surface area contributed by atoms with E-state index in [1.54, 1.807) is 18.2 Å². The minimum Gasteiger partial charge on any atom is -0.326 e. The van der Waals surface area contributed by atoms with E-state index in [4.69, 9.17) is 23.2 Å². The lowest BCUT2D eigenvalue weighted by Gasteiger charge is -2.32. The second kappa shape index (κ2) is 8.72. The van der Waals surface area contributed by atoms with Gasteiger partial charge in [-0.15, -0.1) is 0 Å². The number of hydrogen-bond donors (Lipinski definition) is 1. The molecule has 1 aliphatic heterocycles. The first kappa shape index (κ1) is 21.0. The summed E-state index contributed by atoms with van der Waals surface area (Å²) >= 11 is 12.4. The molecule has 2 aromatic rings. The van der Waals surface area contributed by atoms with Crippen molar-refractivity contribution in [2.45, 2.75) is 25.6 Å². The van der Waals surface area contributed by atoms with Crippen LogP contribution < -0.4 is 5.32 Å². The van der Waals surface area contributed by atoms with Gasteiger partial charge in [-0.2, -0.15) is 13.2 Å². The summed E-state index contributed by atoms with van der Waals surface area (Å²) in [6.45, 7) is 1.81. The van der Waals surface area contributed by atoms with Crippen molar-refractivity contribution in [3.63, 3.8) is 0 Å². The number of rotatable bonds is 4. The van der Waals surface area contributed by atoms with Crippen molar-refractivity contribution in [2.24, 2.45) is 5.92 Å². The zero-order valence-electron chi connectivity index (χ0n) is 14.9. The molecule has 2 aromatic carbocycles. The fraction of sp³-hybridized carbons (Fsp3) is 0.350. The maximum absolute atomic E-state index is 12.8. The third-order valence-corrected chi connectivity index (χ3v) is 5.49. The molecule has 0 aromatic heterocycles. The molecule has 0 spiro atoms. The second-order valence-corrected chi connectivity index (χ2v) is 7.66. The molecule has 8 heteroatoms. The Morgan fingerprint density at radius 1 is 1.14 bits per heavy atom. The molecular formula is C20H19Cl2F3N2O. The number of carbonyl (C=O) groups is 1. The predicted octanol–water partition coefficient (Wildman–Crippen LogP) is 5.86. The van der Waals surface area contributed by atoms with Crippen LogP contribution in [0.1, 0.15) is 24.0 Å². The molecule has 3 nitrogen and oxygen atoms in total. The van der Waals surface area contributed by atoms with E-state index in [9.17, 15) is 18.0 Å². The lowest BCUT2D eigenvalue weighted by Crippen LogP contribution is -2.40. The van der Waals surface area contributed by atoms with Crippen LogP contribution >= 0.6 is 23.2 Å². The summed E-state index contributed by atoms with van der Waals surface area (Å²) < 4.78 is 38.5. The zero-order chi connectivity index (χ0) is 20.3. The maximum Gasteiger partial charge on any atom is 0.416 e. The standard InChI is InChI=1S/C20H19Cl2F3N2O/c21-17-7-2-8-18(22)16(17)12-27-9-3-4-13(11-27)19(28)26-15-6-1-5-14(10-15)20(23,24)25/h1-2,5-8,10,13H,3-4,9,11-12H2,(H,26,28)/t13-/m0/s1. The van der Waals surface area contributed by atoms with Crippen molar-refractivity contribution in [2.75, 3.05) is 18.4 Å². The molecule has 1 heterocycles. The quantitative estimate of drug-likeness (QED) is 0.658. The monoisotopic (exact) mass is 430 g/mol. The first-order chi connectivity index (χ1) is 13.2. The highest BCUT2D eigenvalue weighted by Crippen LogP contribution is 2.31. The minimum atomic E-state index is -4.45. The first-order valence-electron chi connectivity index (χ1n) is 8.87. The number of nitrogens with zero attached hydrogens (tertiary/aromatic N) is 1. The topological polar surface area (TPSA) is 32.3 Å². The van der Waals surface area contributed by atoms with E-state index in [1.807, 2.05) is 0 Å². The molecule has 1 amide bonds. The van der Waals surface area contributed by atoms with E-state index in [0.717, 1.165) is 30.7 Å². The van der Waals surface area contributed by atoms with Crippen LogP contribution in [-0.2, 0) is 17.5 Å². The van der Waals surface area contributed by atoms with Crippen molar-refractivity contribution in [1.29, 1.82) is 0 Å². The summed E-state index contributed by atoms with van der Waals surface area (Å²) in [5.74, 6) is -0.598. The van der Waals surface area contributed by atoms with Gasteiger partial charge in [0.05, 0.1) is 11.5 Å². The molecule has 28 heavy (non-hydrogen) atoms. The van der Waals surface area contributed by atoms with E-state index in [-0.39, 0.29) is 17.5 Å². The van der Waals surface area contributed by atoms with Crippen LogP contribution in [0.5, 0.6) is 0 Å². The molecule has 1 atom stereocenters. The van der Waals surface area contributed by atoms with Crippen LogP contribution in [0, 0.1) is 5.92 Å². The number of hydrogen-bond acceptors (Lipinski definition) is 2. The molecule has 0 saturated carbocycles. The van der Waals surface area contributed by atoms with Gasteiger partial charge >= 0.3 is 6.18 Å². The van der Waals surface area contributed by atoms with Gasteiger partial charge < -0.3 is 5.32 Å². The van der Waals surface area contributed by atoms with Crippen LogP contribution in [-0.4, -0.2) is 23.9 Å². The van der Waals surface area contributed by atoms with Gasteiger partial charge in [0.25, 0.3) is 0 Å². The van der Waals surface area contributed by atoms with Gasteiger partial charge in [0, 0.05) is 34.4 Å². The molecule has 0 unspecified atom stereocenters. The molecule has 1 aliphatic rings. The molecule has 150 valence electrons. The fourth-order valence-corrected chi connectivity index (χ4v) is 3.85. The average molecular weight is 431 g/mol. The number of carbonyl (C=O) groups excluding carboxylic acids is 1. The minimum absolute atomic E-state index is 0.145. The number of anilines is 1. The summed E-state index contributed by atoms with van der Waals surface area (Å²) in [5.41, 5.74) is 0.166. The molecule has 0 bridgehead atoms. The van der Waals surface area contributed by atoms with Gasteiger partial charge in [-0.25, -0.2) is 0 Å². The van der Waals surface area contributed by atoms with Gasteiger partial charge in [0.1, 0.15) is 0 Å². The fourth-order valence-electron chi connectivity index (χ4n) is 3.34. The Morgan fingerprint density at radius 2 is 1.82 bits per heavy atom. The number of piperidine rings is 1. The van der Waals surface area contributed by atoms with Gasteiger partial charge in [-0.1, -0.05) is 35.3 Å².